The minimum Gasteiger partial charge on any atom is -0.329 e. The largest absolute Gasteiger partial charge is 0.329 e. The number of fused-ring (bicyclic) bond motifs is 1. The highest BCUT2D eigenvalue weighted by atomic mass is 16.2. The fourth-order valence-electron chi connectivity index (χ4n) is 2.89. The second-order valence-electron chi connectivity index (χ2n) is 4.59. The first-order valence-electron chi connectivity index (χ1n) is 6.31. The van der Waals surface area contributed by atoms with Gasteiger partial charge in [0, 0.05) is 13.1 Å². The molecule has 2 unspecified atom stereocenters. The Bertz CT molecular complexity index is 261. The van der Waals surface area contributed by atoms with E-state index in [0.29, 0.717) is 6.54 Å². The van der Waals surface area contributed by atoms with Crippen molar-refractivity contribution in [2.45, 2.75) is 51.6 Å². The van der Waals surface area contributed by atoms with Crippen LogP contribution in [0, 0.1) is 0 Å². The molecular weight excluding hydrogens is 204 g/mol. The van der Waals surface area contributed by atoms with Crippen molar-refractivity contribution in [3.8, 4) is 0 Å². The predicted molar refractivity (Wildman–Crippen MR) is 60.8 cm³/mol. The lowest BCUT2D eigenvalue weighted by atomic mass is 9.94. The zero-order chi connectivity index (χ0) is 11.7. The van der Waals surface area contributed by atoms with E-state index in [1.807, 2.05) is 18.7 Å². The molecule has 0 radical (unpaired) electrons. The van der Waals surface area contributed by atoms with Crippen LogP contribution >= 0.6 is 0 Å². The summed E-state index contributed by atoms with van der Waals surface area (Å²) in [5.74, 6) is 0.322. The molecule has 0 aromatic heterocycles. The van der Waals surface area contributed by atoms with Crippen LogP contribution in [0.15, 0.2) is 0 Å². The molecule has 2 aliphatic heterocycles. The average Bonchev–Trinajstić information content (AvgIpc) is 2.33. The fraction of sp³-hybridized carbons (Fsp3) is 0.833. The summed E-state index contributed by atoms with van der Waals surface area (Å²) >= 11 is 0. The third kappa shape index (κ3) is 1.60. The molecule has 2 rings (SSSR count). The monoisotopic (exact) mass is 224 g/mol. The van der Waals surface area contributed by atoms with E-state index in [0.717, 1.165) is 32.2 Å². The summed E-state index contributed by atoms with van der Waals surface area (Å²) in [5.41, 5.74) is 0. The summed E-state index contributed by atoms with van der Waals surface area (Å²) in [6, 6.07) is -0.379. The molecule has 2 heterocycles. The van der Waals surface area contributed by atoms with Crippen molar-refractivity contribution in [3.05, 3.63) is 0 Å². The Balaban J connectivity index is 2.26. The van der Waals surface area contributed by atoms with E-state index in [9.17, 15) is 9.59 Å². The maximum absolute atomic E-state index is 12.2. The number of hydrogen-bond donors (Lipinski definition) is 0. The Morgan fingerprint density at radius 1 is 1.19 bits per heavy atom. The number of piperidine rings is 1. The first-order valence-corrected chi connectivity index (χ1v) is 6.31. The van der Waals surface area contributed by atoms with Crippen LogP contribution in [0.4, 0.5) is 0 Å². The Labute approximate surface area is 96.6 Å². The molecule has 0 aromatic rings. The highest BCUT2D eigenvalue weighted by molar-refractivity contribution is 5.97. The molecular formula is C12H20N2O2. The van der Waals surface area contributed by atoms with Crippen LogP contribution in [-0.2, 0) is 9.59 Å². The molecule has 2 saturated heterocycles. The minimum absolute atomic E-state index is 0.161. The van der Waals surface area contributed by atoms with E-state index in [-0.39, 0.29) is 23.9 Å². The number of piperazine rings is 1. The second kappa shape index (κ2) is 4.44. The maximum atomic E-state index is 12.2. The Morgan fingerprint density at radius 3 is 2.56 bits per heavy atom. The molecule has 2 atom stereocenters. The molecule has 16 heavy (non-hydrogen) atoms. The van der Waals surface area contributed by atoms with E-state index in [1.165, 1.54) is 0 Å². The van der Waals surface area contributed by atoms with E-state index in [2.05, 4.69) is 0 Å². The third-order valence-electron chi connectivity index (χ3n) is 3.74. The minimum atomic E-state index is -0.216. The van der Waals surface area contributed by atoms with E-state index >= 15 is 0 Å². The average molecular weight is 224 g/mol. The maximum Gasteiger partial charge on any atom is 0.246 e. The van der Waals surface area contributed by atoms with Gasteiger partial charge in [-0.2, -0.15) is 0 Å². The van der Waals surface area contributed by atoms with Crippen LogP contribution < -0.4 is 0 Å². The number of likely N-dealkylation sites (N-methyl/N-ethyl adjacent to an activating group) is 1. The van der Waals surface area contributed by atoms with Crippen molar-refractivity contribution < 1.29 is 9.59 Å². The van der Waals surface area contributed by atoms with Gasteiger partial charge in [-0.3, -0.25) is 9.59 Å². The van der Waals surface area contributed by atoms with Crippen LogP contribution in [0.25, 0.3) is 0 Å². The van der Waals surface area contributed by atoms with Gasteiger partial charge in [0.25, 0.3) is 0 Å². The Kier molecular flexibility index (Phi) is 3.17. The summed E-state index contributed by atoms with van der Waals surface area (Å²) in [4.78, 5) is 28.0. The molecule has 0 bridgehead atoms. The summed E-state index contributed by atoms with van der Waals surface area (Å²) in [6.45, 7) is 5.34. The first-order chi connectivity index (χ1) is 7.70. The van der Waals surface area contributed by atoms with Gasteiger partial charge in [-0.1, -0.05) is 6.92 Å². The zero-order valence-corrected chi connectivity index (χ0v) is 10.1. The van der Waals surface area contributed by atoms with E-state index < -0.39 is 0 Å². The van der Waals surface area contributed by atoms with Crippen LogP contribution in [0.1, 0.15) is 39.5 Å². The van der Waals surface area contributed by atoms with E-state index in [4.69, 9.17) is 0 Å². The molecule has 0 aromatic carbocycles. The Morgan fingerprint density at radius 2 is 1.94 bits per heavy atom. The second-order valence-corrected chi connectivity index (χ2v) is 4.59. The van der Waals surface area contributed by atoms with Gasteiger partial charge >= 0.3 is 0 Å². The molecule has 2 amide bonds. The summed E-state index contributed by atoms with van der Waals surface area (Å²) in [5, 5.41) is 0. The highest BCUT2D eigenvalue weighted by Crippen LogP contribution is 2.27. The van der Waals surface area contributed by atoms with Gasteiger partial charge < -0.3 is 9.80 Å². The van der Waals surface area contributed by atoms with Crippen LogP contribution in [-0.4, -0.2) is 46.8 Å². The number of carbonyl (C=O) groups excluding carboxylic acids is 2. The molecule has 2 fully saturated rings. The Hall–Kier alpha value is -1.06. The van der Waals surface area contributed by atoms with Gasteiger partial charge in [0.1, 0.15) is 12.1 Å². The van der Waals surface area contributed by atoms with Crippen molar-refractivity contribution in [3.63, 3.8) is 0 Å². The number of amides is 2. The van der Waals surface area contributed by atoms with E-state index in [1.54, 1.807) is 4.90 Å². The van der Waals surface area contributed by atoms with Gasteiger partial charge in [-0.15, -0.1) is 0 Å². The quantitative estimate of drug-likeness (QED) is 0.702. The molecule has 0 aliphatic carbocycles. The molecule has 0 N–H and O–H groups in total. The summed E-state index contributed by atoms with van der Waals surface area (Å²) in [7, 11) is 0. The van der Waals surface area contributed by atoms with Crippen molar-refractivity contribution in [1.29, 1.82) is 0 Å². The predicted octanol–water partition coefficient (Wildman–Crippen LogP) is 1.01. The molecule has 0 saturated carbocycles. The summed E-state index contributed by atoms with van der Waals surface area (Å²) < 4.78 is 0. The van der Waals surface area contributed by atoms with Crippen LogP contribution in [0.2, 0.25) is 0 Å². The lowest BCUT2D eigenvalue weighted by Gasteiger charge is -2.46. The van der Waals surface area contributed by atoms with Crippen molar-refractivity contribution in [1.82, 2.24) is 9.80 Å². The number of rotatable bonds is 2. The third-order valence-corrected chi connectivity index (χ3v) is 3.74. The zero-order valence-electron chi connectivity index (χ0n) is 10.1. The van der Waals surface area contributed by atoms with Gasteiger partial charge in [0.15, 0.2) is 0 Å². The summed E-state index contributed by atoms with van der Waals surface area (Å²) in [6.07, 6.45) is 3.67. The molecule has 90 valence electrons. The first kappa shape index (κ1) is 11.4. The van der Waals surface area contributed by atoms with Crippen molar-refractivity contribution in [2.75, 3.05) is 13.1 Å². The SMILES string of the molecule is CCC1C(=O)N2CCCCC2C(=O)N1CC. The van der Waals surface area contributed by atoms with Crippen LogP contribution in [0.5, 0.6) is 0 Å². The van der Waals surface area contributed by atoms with Gasteiger partial charge in [-0.05, 0) is 32.6 Å². The standard InChI is InChI=1S/C12H20N2O2/c1-3-9-11(15)14-8-6-5-7-10(14)12(16)13(9)4-2/h9-10H,3-8H2,1-2H3. The highest BCUT2D eigenvalue weighted by Gasteiger charge is 2.44. The van der Waals surface area contributed by atoms with Gasteiger partial charge in [0.2, 0.25) is 11.8 Å². The van der Waals surface area contributed by atoms with Gasteiger partial charge in [0.05, 0.1) is 0 Å². The normalized spacial score (nSPS) is 30.6. The lowest BCUT2D eigenvalue weighted by molar-refractivity contribution is -0.163. The topological polar surface area (TPSA) is 40.6 Å². The molecule has 2 aliphatic rings. The van der Waals surface area contributed by atoms with Crippen molar-refractivity contribution >= 4 is 11.8 Å². The fourth-order valence-corrected chi connectivity index (χ4v) is 2.89. The van der Waals surface area contributed by atoms with Gasteiger partial charge in [-0.25, -0.2) is 0 Å². The van der Waals surface area contributed by atoms with Crippen LogP contribution in [0.3, 0.4) is 0 Å². The molecule has 0 spiro atoms. The smallest absolute Gasteiger partial charge is 0.246 e. The number of hydrogen-bond acceptors (Lipinski definition) is 2. The lowest BCUT2D eigenvalue weighted by Crippen LogP contribution is -2.65. The van der Waals surface area contributed by atoms with Crippen molar-refractivity contribution in [2.24, 2.45) is 0 Å². The number of nitrogens with zero attached hydrogens (tertiary/aromatic N) is 2. The molecule has 4 nitrogen and oxygen atoms in total. The molecule has 4 heteroatoms. The number of carbonyl (C=O) groups is 2.